The topological polar surface area (TPSA) is 26.7 Å². The Kier molecular flexibility index (Phi) is 6.32. The van der Waals surface area contributed by atoms with E-state index in [-0.39, 0.29) is 6.10 Å². The maximum atomic E-state index is 10.2. The van der Waals surface area contributed by atoms with Gasteiger partial charge in [-0.25, -0.2) is 0 Å². The lowest BCUT2D eigenvalue weighted by Gasteiger charge is -2.33. The van der Waals surface area contributed by atoms with Gasteiger partial charge in [0.25, 0.3) is 0 Å². The first-order valence-electron chi connectivity index (χ1n) is 6.79. The van der Waals surface area contributed by atoms with Gasteiger partial charge in [-0.3, -0.25) is 4.90 Å². The average Bonchev–Trinajstić information content (AvgIpc) is 2.46. The average molecular weight is 228 g/mol. The fourth-order valence-electron chi connectivity index (χ4n) is 2.66. The second-order valence-corrected chi connectivity index (χ2v) is 5.02. The maximum Gasteiger partial charge on any atom is 0.0695 e. The Morgan fingerprint density at radius 3 is 2.50 bits per heavy atom. The summed E-state index contributed by atoms with van der Waals surface area (Å²) >= 11 is 0. The smallest absolute Gasteiger partial charge is 0.0695 e. The Morgan fingerprint density at radius 2 is 1.88 bits per heavy atom. The summed E-state index contributed by atoms with van der Waals surface area (Å²) in [5.74, 6) is 0. The predicted molar refractivity (Wildman–Crippen MR) is 68.7 cm³/mol. The molecule has 0 spiro atoms. The van der Waals surface area contributed by atoms with E-state index in [1.165, 1.54) is 13.0 Å². The summed E-state index contributed by atoms with van der Waals surface area (Å²) < 4.78 is 0. The Labute approximate surface area is 100 Å². The molecule has 16 heavy (non-hydrogen) atoms. The number of likely N-dealkylation sites (N-methyl/N-ethyl adjacent to an activating group) is 1. The van der Waals surface area contributed by atoms with E-state index in [2.05, 4.69) is 30.7 Å². The Bertz CT molecular complexity index is 187. The second kappa shape index (κ2) is 7.25. The minimum atomic E-state index is -0.140. The quantitative estimate of drug-likeness (QED) is 0.773. The predicted octanol–water partition coefficient (Wildman–Crippen LogP) is 1.56. The summed E-state index contributed by atoms with van der Waals surface area (Å²) in [6.07, 6.45) is 4.16. The molecule has 3 nitrogen and oxygen atoms in total. The summed E-state index contributed by atoms with van der Waals surface area (Å²) in [5.41, 5.74) is 0. The van der Waals surface area contributed by atoms with Gasteiger partial charge in [0.2, 0.25) is 0 Å². The van der Waals surface area contributed by atoms with Crippen molar-refractivity contribution in [3.05, 3.63) is 0 Å². The van der Waals surface area contributed by atoms with Gasteiger partial charge in [0.15, 0.2) is 0 Å². The zero-order valence-electron chi connectivity index (χ0n) is 11.2. The Balaban J connectivity index is 2.50. The van der Waals surface area contributed by atoms with Crippen molar-refractivity contribution in [1.29, 1.82) is 0 Å². The van der Waals surface area contributed by atoms with Gasteiger partial charge in [0.1, 0.15) is 0 Å². The van der Waals surface area contributed by atoms with Crippen LogP contribution >= 0.6 is 0 Å². The monoisotopic (exact) mass is 228 g/mol. The van der Waals surface area contributed by atoms with Crippen molar-refractivity contribution in [2.24, 2.45) is 0 Å². The van der Waals surface area contributed by atoms with Crippen LogP contribution in [0.1, 0.15) is 39.5 Å². The summed E-state index contributed by atoms with van der Waals surface area (Å²) in [7, 11) is 2.19. The zero-order valence-corrected chi connectivity index (χ0v) is 11.2. The number of aliphatic hydroxyl groups excluding tert-OH is 1. The molecule has 0 aromatic carbocycles. The van der Waals surface area contributed by atoms with Crippen LogP contribution < -0.4 is 0 Å². The molecule has 0 aliphatic carbocycles. The van der Waals surface area contributed by atoms with Crippen molar-refractivity contribution in [2.45, 2.75) is 51.7 Å². The maximum absolute atomic E-state index is 10.2. The molecule has 2 unspecified atom stereocenters. The highest BCUT2D eigenvalue weighted by atomic mass is 16.3. The molecule has 0 aromatic heterocycles. The highest BCUT2D eigenvalue weighted by molar-refractivity contribution is 4.80. The molecule has 0 aromatic rings. The van der Waals surface area contributed by atoms with Crippen molar-refractivity contribution >= 4 is 0 Å². The summed E-state index contributed by atoms with van der Waals surface area (Å²) in [6.45, 7) is 8.91. The molecule has 0 saturated carbocycles. The van der Waals surface area contributed by atoms with E-state index in [4.69, 9.17) is 0 Å². The minimum Gasteiger partial charge on any atom is -0.391 e. The van der Waals surface area contributed by atoms with Gasteiger partial charge in [-0.15, -0.1) is 0 Å². The van der Waals surface area contributed by atoms with E-state index in [0.717, 1.165) is 38.9 Å². The van der Waals surface area contributed by atoms with Gasteiger partial charge in [-0.1, -0.05) is 20.3 Å². The molecule has 0 amide bonds. The van der Waals surface area contributed by atoms with Crippen molar-refractivity contribution in [2.75, 3.05) is 33.2 Å². The Hall–Kier alpha value is -0.120. The van der Waals surface area contributed by atoms with Gasteiger partial charge in [0.05, 0.1) is 6.10 Å². The number of hydrogen-bond donors (Lipinski definition) is 1. The molecule has 1 heterocycles. The molecule has 0 bridgehead atoms. The van der Waals surface area contributed by atoms with Crippen LogP contribution in [0.2, 0.25) is 0 Å². The zero-order chi connectivity index (χ0) is 12.0. The van der Waals surface area contributed by atoms with Crippen LogP contribution in [0.25, 0.3) is 0 Å². The van der Waals surface area contributed by atoms with Crippen LogP contribution in [0, 0.1) is 0 Å². The third kappa shape index (κ3) is 4.04. The van der Waals surface area contributed by atoms with Crippen molar-refractivity contribution < 1.29 is 5.11 Å². The fraction of sp³-hybridized carbons (Fsp3) is 1.00. The van der Waals surface area contributed by atoms with Crippen molar-refractivity contribution in [3.63, 3.8) is 0 Å². The van der Waals surface area contributed by atoms with Gasteiger partial charge in [-0.2, -0.15) is 0 Å². The molecule has 2 atom stereocenters. The van der Waals surface area contributed by atoms with Gasteiger partial charge < -0.3 is 10.0 Å². The first-order chi connectivity index (χ1) is 7.69. The van der Waals surface area contributed by atoms with Crippen LogP contribution in [0.15, 0.2) is 0 Å². The molecule has 1 fully saturated rings. The van der Waals surface area contributed by atoms with E-state index in [0.29, 0.717) is 6.04 Å². The van der Waals surface area contributed by atoms with Crippen LogP contribution in [0.5, 0.6) is 0 Å². The lowest BCUT2D eigenvalue weighted by atomic mass is 10.0. The molecule has 1 N–H and O–H groups in total. The van der Waals surface area contributed by atoms with Gasteiger partial charge in [0, 0.05) is 19.1 Å². The first kappa shape index (κ1) is 13.9. The third-order valence-corrected chi connectivity index (χ3v) is 3.67. The van der Waals surface area contributed by atoms with E-state index in [9.17, 15) is 5.11 Å². The Morgan fingerprint density at radius 1 is 1.12 bits per heavy atom. The second-order valence-electron chi connectivity index (χ2n) is 5.02. The van der Waals surface area contributed by atoms with E-state index < -0.39 is 0 Å². The minimum absolute atomic E-state index is 0.140. The number of hydrogen-bond acceptors (Lipinski definition) is 3. The third-order valence-electron chi connectivity index (χ3n) is 3.67. The number of nitrogens with zero attached hydrogens (tertiary/aromatic N) is 2. The van der Waals surface area contributed by atoms with Crippen LogP contribution in [0.3, 0.4) is 0 Å². The van der Waals surface area contributed by atoms with Crippen LogP contribution in [-0.4, -0.2) is 60.3 Å². The fourth-order valence-corrected chi connectivity index (χ4v) is 2.66. The normalized spacial score (nSPS) is 24.0. The summed E-state index contributed by atoms with van der Waals surface area (Å²) in [4.78, 5) is 4.88. The highest BCUT2D eigenvalue weighted by Crippen LogP contribution is 2.15. The summed E-state index contributed by atoms with van der Waals surface area (Å²) in [6, 6.07) is 0.367. The lowest BCUT2D eigenvalue weighted by molar-refractivity contribution is 0.0427. The summed E-state index contributed by atoms with van der Waals surface area (Å²) in [5, 5.41) is 10.2. The molecule has 1 saturated heterocycles. The molecule has 1 aliphatic heterocycles. The van der Waals surface area contributed by atoms with Crippen LogP contribution in [-0.2, 0) is 0 Å². The molecule has 3 heteroatoms. The largest absolute Gasteiger partial charge is 0.391 e. The molecule has 96 valence electrons. The molecule has 1 aliphatic rings. The molecule has 0 radical (unpaired) electrons. The number of rotatable bonds is 5. The lowest BCUT2D eigenvalue weighted by Crippen LogP contribution is -2.44. The van der Waals surface area contributed by atoms with E-state index in [1.54, 1.807) is 0 Å². The standard InChI is InChI=1S/C13H28N2O/c1-4-7-13(16)12(5-2)15-9-6-8-14(3)10-11-15/h12-13,16H,4-11H2,1-3H3. The molecular weight excluding hydrogens is 200 g/mol. The van der Waals surface area contributed by atoms with Gasteiger partial charge in [-0.05, 0) is 39.4 Å². The first-order valence-corrected chi connectivity index (χ1v) is 6.79. The molecule has 1 rings (SSSR count). The van der Waals surface area contributed by atoms with Crippen molar-refractivity contribution in [3.8, 4) is 0 Å². The molecular formula is C13H28N2O. The highest BCUT2D eigenvalue weighted by Gasteiger charge is 2.25. The van der Waals surface area contributed by atoms with Crippen molar-refractivity contribution in [1.82, 2.24) is 9.80 Å². The SMILES string of the molecule is CCCC(O)C(CC)N1CCCN(C)CC1. The number of aliphatic hydroxyl groups is 1. The van der Waals surface area contributed by atoms with E-state index >= 15 is 0 Å². The van der Waals surface area contributed by atoms with Gasteiger partial charge >= 0.3 is 0 Å². The van der Waals surface area contributed by atoms with Crippen LogP contribution in [0.4, 0.5) is 0 Å². The van der Waals surface area contributed by atoms with E-state index in [1.807, 2.05) is 0 Å².